The van der Waals surface area contributed by atoms with Gasteiger partial charge in [0, 0.05) is 0 Å². The van der Waals surface area contributed by atoms with Crippen molar-refractivity contribution in [2.24, 2.45) is 5.73 Å². The van der Waals surface area contributed by atoms with E-state index in [0.717, 1.165) is 0 Å². The van der Waals surface area contributed by atoms with Crippen LogP contribution in [0.15, 0.2) is 24.3 Å². The minimum absolute atomic E-state index is 0.0391. The van der Waals surface area contributed by atoms with Gasteiger partial charge in [0.25, 0.3) is 0 Å². The zero-order valence-corrected chi connectivity index (χ0v) is 9.36. The lowest BCUT2D eigenvalue weighted by Crippen LogP contribution is -2.32. The molecule has 1 rings (SSSR count). The third-order valence-electron chi connectivity index (χ3n) is 1.98. The Morgan fingerprint density at radius 2 is 1.94 bits per heavy atom. The zero-order valence-electron chi connectivity index (χ0n) is 8.61. The maximum absolute atomic E-state index is 11.9. The molecule has 0 saturated carbocycles. The second-order valence-electron chi connectivity index (χ2n) is 3.23. The summed E-state index contributed by atoms with van der Waals surface area (Å²) in [5, 5.41) is 0. The molecule has 0 aromatic heterocycles. The predicted molar refractivity (Wildman–Crippen MR) is 56.7 cm³/mol. The molecule has 2 N–H and O–H groups in total. The number of carbonyl (C=O) groups excluding carboxylic acids is 1. The van der Waals surface area contributed by atoms with Gasteiger partial charge in [-0.25, -0.2) is 4.79 Å². The Hall–Kier alpha value is -1.40. The van der Waals surface area contributed by atoms with E-state index in [9.17, 15) is 13.6 Å². The first kappa shape index (κ1) is 13.7. The van der Waals surface area contributed by atoms with Crippen molar-refractivity contribution in [3.8, 4) is 5.75 Å². The Kier molecular flexibility index (Phi) is 5.11. The van der Waals surface area contributed by atoms with E-state index >= 15 is 0 Å². The van der Waals surface area contributed by atoms with E-state index in [1.165, 1.54) is 24.3 Å². The van der Waals surface area contributed by atoms with E-state index in [4.69, 9.17) is 17.6 Å². The molecule has 1 aromatic carbocycles. The molecule has 94 valence electrons. The third-order valence-corrected chi connectivity index (χ3v) is 2.14. The number of hydrogen-bond donors (Lipinski definition) is 1. The average molecular weight is 266 g/mol. The minimum atomic E-state index is -2.87. The van der Waals surface area contributed by atoms with Crippen LogP contribution in [0.2, 0.25) is 0 Å². The fourth-order valence-electron chi connectivity index (χ4n) is 1.20. The van der Waals surface area contributed by atoms with Gasteiger partial charge >= 0.3 is 12.6 Å². The lowest BCUT2D eigenvalue weighted by atomic mass is 10.1. The second-order valence-corrected chi connectivity index (χ2v) is 3.38. The summed E-state index contributed by atoms with van der Waals surface area (Å²) in [6, 6.07) is 4.88. The summed E-state index contributed by atoms with van der Waals surface area (Å²) >= 11 is 4.86. The van der Waals surface area contributed by atoms with Gasteiger partial charge in [-0.1, -0.05) is 12.1 Å². The van der Waals surface area contributed by atoms with Crippen molar-refractivity contribution >= 4 is 17.8 Å². The number of carbonyl (C=O) groups is 1. The third kappa shape index (κ3) is 4.54. The molecule has 4 nitrogen and oxygen atoms in total. The first-order valence-electron chi connectivity index (χ1n) is 4.64. The van der Waals surface area contributed by atoms with E-state index in [1.807, 2.05) is 0 Å². The molecular weight excluding hydrogens is 256 g/mol. The van der Waals surface area contributed by atoms with Crippen molar-refractivity contribution in [2.45, 2.75) is 19.1 Å². The lowest BCUT2D eigenvalue weighted by Gasteiger charge is -2.09. The molecule has 0 bridgehead atoms. The van der Waals surface area contributed by atoms with Crippen molar-refractivity contribution in [3.63, 3.8) is 0 Å². The molecule has 0 spiro atoms. The van der Waals surface area contributed by atoms with Gasteiger partial charge in [-0.3, -0.25) is 0 Å². The highest BCUT2D eigenvalue weighted by molar-refractivity contribution is 6.13. The standard InChI is InChI=1S/C10H10ClF2NO3/c11-17-9(15)8(14)5-6-1-3-7(4-2-6)16-10(12)13/h1-4,8,10H,5,14H2/t8-/m0/s1. The summed E-state index contributed by atoms with van der Waals surface area (Å²) in [5.41, 5.74) is 6.15. The monoisotopic (exact) mass is 265 g/mol. The quantitative estimate of drug-likeness (QED) is 0.883. The molecular formula is C10H10ClF2NO3. The Labute approximate surface area is 101 Å². The van der Waals surface area contributed by atoms with Crippen molar-refractivity contribution < 1.29 is 22.6 Å². The highest BCUT2D eigenvalue weighted by Crippen LogP contribution is 2.15. The van der Waals surface area contributed by atoms with Gasteiger partial charge in [-0.15, -0.1) is 0 Å². The number of nitrogens with two attached hydrogens (primary N) is 1. The van der Waals surface area contributed by atoms with Gasteiger partial charge < -0.3 is 14.8 Å². The van der Waals surface area contributed by atoms with Crippen LogP contribution in [-0.4, -0.2) is 18.6 Å². The fourth-order valence-corrected chi connectivity index (χ4v) is 1.32. The maximum Gasteiger partial charge on any atom is 0.387 e. The Morgan fingerprint density at radius 3 is 2.41 bits per heavy atom. The highest BCUT2D eigenvalue weighted by atomic mass is 35.5. The van der Waals surface area contributed by atoms with Gasteiger partial charge in [0.05, 0.1) is 0 Å². The lowest BCUT2D eigenvalue weighted by molar-refractivity contribution is -0.135. The molecule has 0 radical (unpaired) electrons. The number of halogens is 3. The van der Waals surface area contributed by atoms with Gasteiger partial charge in [0.1, 0.15) is 23.7 Å². The summed E-state index contributed by atoms with van der Waals surface area (Å²) in [7, 11) is 0. The minimum Gasteiger partial charge on any atom is -0.435 e. The van der Waals surface area contributed by atoms with Gasteiger partial charge in [-0.2, -0.15) is 8.78 Å². The first-order chi connectivity index (χ1) is 8.02. The van der Waals surface area contributed by atoms with E-state index in [1.54, 1.807) is 0 Å². The van der Waals surface area contributed by atoms with E-state index in [0.29, 0.717) is 5.56 Å². The van der Waals surface area contributed by atoms with Gasteiger partial charge in [-0.05, 0) is 24.1 Å². The SMILES string of the molecule is N[C@@H](Cc1ccc(OC(F)F)cc1)C(=O)OCl. The number of hydrogen-bond acceptors (Lipinski definition) is 4. The molecule has 17 heavy (non-hydrogen) atoms. The molecule has 0 fully saturated rings. The Balaban J connectivity index is 2.59. The molecule has 0 aliphatic heterocycles. The molecule has 0 aliphatic carbocycles. The molecule has 0 amide bonds. The summed E-state index contributed by atoms with van der Waals surface area (Å²) < 4.78 is 31.8. The van der Waals surface area contributed by atoms with Crippen LogP contribution in [0, 0.1) is 0 Å². The van der Waals surface area contributed by atoms with Gasteiger partial charge in [0.15, 0.2) is 0 Å². The van der Waals surface area contributed by atoms with Crippen LogP contribution >= 0.6 is 11.9 Å². The van der Waals surface area contributed by atoms with Crippen molar-refractivity contribution in [3.05, 3.63) is 29.8 Å². The largest absolute Gasteiger partial charge is 0.435 e. The molecule has 0 saturated heterocycles. The van der Waals surface area contributed by atoms with Gasteiger partial charge in [0.2, 0.25) is 0 Å². The van der Waals surface area contributed by atoms with Crippen LogP contribution < -0.4 is 10.5 Å². The maximum atomic E-state index is 11.9. The molecule has 1 aromatic rings. The summed E-state index contributed by atoms with van der Waals surface area (Å²) in [5.74, 6) is -0.711. The van der Waals surface area contributed by atoms with E-state index in [2.05, 4.69) is 9.03 Å². The summed E-state index contributed by atoms with van der Waals surface area (Å²) in [6.45, 7) is -2.87. The molecule has 7 heteroatoms. The van der Waals surface area contributed by atoms with Crippen LogP contribution in [0.25, 0.3) is 0 Å². The number of benzene rings is 1. The topological polar surface area (TPSA) is 61.5 Å². The zero-order chi connectivity index (χ0) is 12.8. The highest BCUT2D eigenvalue weighted by Gasteiger charge is 2.15. The Bertz CT molecular complexity index is 372. The average Bonchev–Trinajstić information content (AvgIpc) is 2.30. The Morgan fingerprint density at radius 1 is 1.35 bits per heavy atom. The molecule has 0 unspecified atom stereocenters. The van der Waals surface area contributed by atoms with Crippen molar-refractivity contribution in [1.82, 2.24) is 0 Å². The molecule has 1 atom stereocenters. The van der Waals surface area contributed by atoms with E-state index < -0.39 is 18.6 Å². The number of rotatable bonds is 5. The first-order valence-corrected chi connectivity index (χ1v) is 4.95. The van der Waals surface area contributed by atoms with Crippen LogP contribution in [0.5, 0.6) is 5.75 Å². The summed E-state index contributed by atoms with van der Waals surface area (Å²) in [4.78, 5) is 10.9. The van der Waals surface area contributed by atoms with Crippen LogP contribution in [-0.2, 0) is 15.5 Å². The van der Waals surface area contributed by atoms with E-state index in [-0.39, 0.29) is 12.2 Å². The number of ether oxygens (including phenoxy) is 1. The number of alkyl halides is 2. The summed E-state index contributed by atoms with van der Waals surface area (Å²) in [6.07, 6.45) is 0.195. The normalized spacial score (nSPS) is 12.3. The van der Waals surface area contributed by atoms with Crippen LogP contribution in [0.3, 0.4) is 0 Å². The van der Waals surface area contributed by atoms with Crippen LogP contribution in [0.1, 0.15) is 5.56 Å². The van der Waals surface area contributed by atoms with Crippen molar-refractivity contribution in [2.75, 3.05) is 0 Å². The van der Waals surface area contributed by atoms with Crippen molar-refractivity contribution in [1.29, 1.82) is 0 Å². The second kappa shape index (κ2) is 6.36. The fraction of sp³-hybridized carbons (Fsp3) is 0.300. The predicted octanol–water partition coefficient (Wildman–Crippen LogP) is 1.85. The smallest absolute Gasteiger partial charge is 0.387 e. The molecule has 0 aliphatic rings. The van der Waals surface area contributed by atoms with Crippen LogP contribution in [0.4, 0.5) is 8.78 Å². The molecule has 0 heterocycles.